The van der Waals surface area contributed by atoms with Crippen LogP contribution in [-0.4, -0.2) is 24.1 Å². The van der Waals surface area contributed by atoms with E-state index in [0.29, 0.717) is 17.6 Å². The van der Waals surface area contributed by atoms with Gasteiger partial charge in [-0.2, -0.15) is 9.97 Å². The molecule has 308 valence electrons. The van der Waals surface area contributed by atoms with E-state index in [9.17, 15) is 0 Å². The lowest BCUT2D eigenvalue weighted by molar-refractivity contribution is 0.333. The molecule has 11 aromatic rings. The van der Waals surface area contributed by atoms with Gasteiger partial charge in [0.2, 0.25) is 5.95 Å². The maximum Gasteiger partial charge on any atom is 0.238 e. The molecule has 1 aliphatic carbocycles. The molecule has 0 unspecified atom stereocenters. The molecule has 5 heteroatoms. The van der Waals surface area contributed by atoms with Gasteiger partial charge < -0.3 is 4.57 Å². The van der Waals surface area contributed by atoms with E-state index in [4.69, 9.17) is 15.0 Å². The Bertz CT molecular complexity index is 3610. The average molecular weight is 826 g/mol. The van der Waals surface area contributed by atoms with Crippen molar-refractivity contribution in [1.29, 1.82) is 0 Å². The normalized spacial score (nSPS) is 14.4. The molecule has 0 radical (unpaired) electrons. The first-order valence-electron chi connectivity index (χ1n) is 22.4. The van der Waals surface area contributed by atoms with Crippen LogP contribution in [0.25, 0.3) is 100 Å². The monoisotopic (exact) mass is 825 g/mol. The van der Waals surface area contributed by atoms with Gasteiger partial charge in [0.15, 0.2) is 11.6 Å². The van der Waals surface area contributed by atoms with Crippen LogP contribution in [0.3, 0.4) is 0 Å². The zero-order valence-electron chi connectivity index (χ0n) is 36.5. The van der Waals surface area contributed by atoms with E-state index in [-0.39, 0.29) is 10.8 Å². The van der Waals surface area contributed by atoms with E-state index in [1.54, 1.807) is 0 Å². The molecular weight excluding hydrogens is 779 g/mol. The van der Waals surface area contributed by atoms with E-state index in [1.165, 1.54) is 45.0 Å². The highest BCUT2D eigenvalue weighted by molar-refractivity contribution is 6.19. The summed E-state index contributed by atoms with van der Waals surface area (Å²) >= 11 is 0. The second-order valence-electron chi connectivity index (χ2n) is 18.7. The van der Waals surface area contributed by atoms with Crippen LogP contribution in [-0.2, 0) is 10.8 Å². The van der Waals surface area contributed by atoms with Crippen molar-refractivity contribution in [3.63, 3.8) is 0 Å². The summed E-state index contributed by atoms with van der Waals surface area (Å²) in [5.74, 6) is 1.82. The van der Waals surface area contributed by atoms with Crippen molar-refractivity contribution in [2.24, 2.45) is 0 Å². The van der Waals surface area contributed by atoms with Crippen molar-refractivity contribution in [2.75, 3.05) is 0 Å². The molecule has 0 amide bonds. The molecule has 0 saturated heterocycles. The summed E-state index contributed by atoms with van der Waals surface area (Å²) in [6, 6.07) is 67.5. The quantitative estimate of drug-likeness (QED) is 0.168. The van der Waals surface area contributed by atoms with E-state index in [0.717, 1.165) is 61.7 Å². The Balaban J connectivity index is 1.14. The van der Waals surface area contributed by atoms with Crippen molar-refractivity contribution in [3.05, 3.63) is 199 Å². The van der Waals surface area contributed by atoms with Gasteiger partial charge in [0.05, 0.1) is 27.8 Å². The van der Waals surface area contributed by atoms with Gasteiger partial charge in [0, 0.05) is 38.2 Å². The van der Waals surface area contributed by atoms with Gasteiger partial charge in [-0.3, -0.25) is 4.57 Å². The molecule has 64 heavy (non-hydrogen) atoms. The summed E-state index contributed by atoms with van der Waals surface area (Å²) in [6.45, 7) is 9.68. The maximum absolute atomic E-state index is 5.36. The van der Waals surface area contributed by atoms with Crippen molar-refractivity contribution < 1.29 is 0 Å². The highest BCUT2D eigenvalue weighted by Gasteiger charge is 2.39. The molecule has 0 N–H and O–H groups in total. The Morgan fingerprint density at radius 3 is 1.64 bits per heavy atom. The standard InChI is InChI=1S/C59H47N5/c1-58(2)33-34-59(3,4)54-45(28-18-29-48(54)58)42-25-11-14-30-49(42)63-50-31-15-12-26-43(50)46-36-47-44-27-13-16-32-51(44)64(53(47)37-52(46)63)57-61-55(39-21-9-6-10-22-39)60-56(62-57)41-24-17-23-40(35-41)38-19-7-5-8-20-38/h5-32,35-37H,33-34H2,1-4H3. The van der Waals surface area contributed by atoms with E-state index in [1.807, 2.05) is 24.3 Å². The van der Waals surface area contributed by atoms with E-state index in [2.05, 4.69) is 201 Å². The Hall–Kier alpha value is -7.63. The predicted octanol–water partition coefficient (Wildman–Crippen LogP) is 15.1. The van der Waals surface area contributed by atoms with E-state index < -0.39 is 0 Å². The molecule has 8 aromatic carbocycles. The van der Waals surface area contributed by atoms with E-state index >= 15 is 0 Å². The number of hydrogen-bond donors (Lipinski definition) is 0. The Morgan fingerprint density at radius 1 is 0.375 bits per heavy atom. The summed E-state index contributed by atoms with van der Waals surface area (Å²) < 4.78 is 4.74. The zero-order chi connectivity index (χ0) is 43.2. The zero-order valence-corrected chi connectivity index (χ0v) is 36.5. The third kappa shape index (κ3) is 6.02. The SMILES string of the molecule is CC1(C)CCC(C)(C)c2c(-c3ccccc3-n3c4ccccc4c4cc5c6ccccc6n(-c6nc(-c7ccccc7)nc(-c7cccc(-c8ccccc8)c7)n6)c5cc43)cccc21. The summed E-state index contributed by atoms with van der Waals surface area (Å²) in [4.78, 5) is 15.8. The molecule has 3 aromatic heterocycles. The van der Waals surface area contributed by atoms with Crippen LogP contribution in [0.4, 0.5) is 0 Å². The minimum Gasteiger partial charge on any atom is -0.309 e. The van der Waals surface area contributed by atoms with Gasteiger partial charge in [-0.25, -0.2) is 4.98 Å². The van der Waals surface area contributed by atoms with Gasteiger partial charge in [-0.15, -0.1) is 0 Å². The summed E-state index contributed by atoms with van der Waals surface area (Å²) in [5.41, 5.74) is 15.3. The van der Waals surface area contributed by atoms with Gasteiger partial charge in [-0.1, -0.05) is 179 Å². The van der Waals surface area contributed by atoms with Crippen LogP contribution in [0, 0.1) is 0 Å². The topological polar surface area (TPSA) is 48.5 Å². The third-order valence-electron chi connectivity index (χ3n) is 13.8. The van der Waals surface area contributed by atoms with Gasteiger partial charge in [-0.05, 0) is 87.9 Å². The molecule has 3 heterocycles. The fraction of sp³-hybridized carbons (Fsp3) is 0.136. The van der Waals surface area contributed by atoms with Crippen molar-refractivity contribution >= 4 is 43.6 Å². The van der Waals surface area contributed by atoms with Gasteiger partial charge in [0.1, 0.15) is 0 Å². The van der Waals surface area contributed by atoms with Crippen LogP contribution in [0.5, 0.6) is 0 Å². The second-order valence-corrected chi connectivity index (χ2v) is 18.7. The second kappa shape index (κ2) is 14.5. The van der Waals surface area contributed by atoms with Crippen LogP contribution >= 0.6 is 0 Å². The maximum atomic E-state index is 5.36. The molecule has 5 nitrogen and oxygen atoms in total. The first kappa shape index (κ1) is 38.1. The predicted molar refractivity (Wildman–Crippen MR) is 266 cm³/mol. The minimum atomic E-state index is 0.0351. The molecule has 0 spiro atoms. The molecule has 0 saturated carbocycles. The summed E-state index contributed by atoms with van der Waals surface area (Å²) in [5, 5.41) is 4.72. The molecule has 0 atom stereocenters. The summed E-state index contributed by atoms with van der Waals surface area (Å²) in [7, 11) is 0. The summed E-state index contributed by atoms with van der Waals surface area (Å²) in [6.07, 6.45) is 2.32. The largest absolute Gasteiger partial charge is 0.309 e. The van der Waals surface area contributed by atoms with Crippen molar-refractivity contribution in [1.82, 2.24) is 24.1 Å². The van der Waals surface area contributed by atoms with Crippen LogP contribution in [0.1, 0.15) is 51.7 Å². The number of fused-ring (bicyclic) bond motifs is 7. The molecule has 0 bridgehead atoms. The number of nitrogens with zero attached hydrogens (tertiary/aromatic N) is 5. The highest BCUT2D eigenvalue weighted by atomic mass is 15.2. The minimum absolute atomic E-state index is 0.0351. The Labute approximate surface area is 373 Å². The smallest absolute Gasteiger partial charge is 0.238 e. The number of hydrogen-bond acceptors (Lipinski definition) is 3. The molecular formula is C59H47N5. The van der Waals surface area contributed by atoms with Gasteiger partial charge >= 0.3 is 0 Å². The average Bonchev–Trinajstić information content (AvgIpc) is 3.84. The van der Waals surface area contributed by atoms with Crippen molar-refractivity contribution in [2.45, 2.75) is 51.4 Å². The molecule has 1 aliphatic rings. The molecule has 0 aliphatic heterocycles. The lowest BCUT2D eigenvalue weighted by Gasteiger charge is -2.43. The number of rotatable bonds is 6. The fourth-order valence-electron chi connectivity index (χ4n) is 10.5. The van der Waals surface area contributed by atoms with Gasteiger partial charge in [0.25, 0.3) is 0 Å². The first-order valence-corrected chi connectivity index (χ1v) is 22.4. The van der Waals surface area contributed by atoms with Crippen LogP contribution < -0.4 is 0 Å². The number of benzene rings is 8. The third-order valence-corrected chi connectivity index (χ3v) is 13.8. The lowest BCUT2D eigenvalue weighted by atomic mass is 9.61. The molecule has 0 fully saturated rings. The fourth-order valence-corrected chi connectivity index (χ4v) is 10.5. The molecule has 12 rings (SSSR count). The van der Waals surface area contributed by atoms with Crippen molar-refractivity contribution in [3.8, 4) is 56.7 Å². The lowest BCUT2D eigenvalue weighted by Crippen LogP contribution is -2.34. The number of aromatic nitrogens is 5. The van der Waals surface area contributed by atoms with Crippen LogP contribution in [0.2, 0.25) is 0 Å². The first-order chi connectivity index (χ1) is 31.2. The Morgan fingerprint density at radius 2 is 0.906 bits per heavy atom. The van der Waals surface area contributed by atoms with Crippen LogP contribution in [0.15, 0.2) is 188 Å². The highest BCUT2D eigenvalue weighted by Crippen LogP contribution is 2.50. The number of para-hydroxylation sites is 3. The Kier molecular flexibility index (Phi) is 8.61.